The lowest BCUT2D eigenvalue weighted by atomic mass is 9.98. The van der Waals surface area contributed by atoms with Crippen molar-refractivity contribution in [3.05, 3.63) is 23.8 Å². The fraction of sp³-hybridized carbons (Fsp3) is 0.588. The molecule has 3 rings (SSSR count). The van der Waals surface area contributed by atoms with Gasteiger partial charge in [-0.05, 0) is 31.7 Å². The number of methoxy groups -OCH3 is 2. The molecule has 2 aliphatic rings. The maximum atomic E-state index is 12.8. The maximum Gasteiger partial charge on any atom is 0.254 e. The number of benzene rings is 1. The molecule has 0 N–H and O–H groups in total. The van der Waals surface area contributed by atoms with Crippen molar-refractivity contribution in [1.82, 2.24) is 9.80 Å². The van der Waals surface area contributed by atoms with E-state index in [4.69, 9.17) is 14.2 Å². The second-order valence-electron chi connectivity index (χ2n) is 6.07. The number of carbonyl (C=O) groups is 1. The van der Waals surface area contributed by atoms with E-state index < -0.39 is 0 Å². The normalized spacial score (nSPS) is 24.9. The van der Waals surface area contributed by atoms with Crippen LogP contribution in [0.25, 0.3) is 0 Å². The van der Waals surface area contributed by atoms with Crippen LogP contribution in [0.1, 0.15) is 16.8 Å². The van der Waals surface area contributed by atoms with Crippen LogP contribution >= 0.6 is 0 Å². The van der Waals surface area contributed by atoms with Gasteiger partial charge in [0.25, 0.3) is 5.91 Å². The second-order valence-corrected chi connectivity index (χ2v) is 6.07. The molecular formula is C17H24N2O4. The molecule has 0 aromatic heterocycles. The molecule has 2 heterocycles. The molecule has 0 saturated carbocycles. The van der Waals surface area contributed by atoms with E-state index in [9.17, 15) is 4.79 Å². The Morgan fingerprint density at radius 1 is 1.22 bits per heavy atom. The van der Waals surface area contributed by atoms with Crippen LogP contribution in [0, 0.1) is 0 Å². The lowest BCUT2D eigenvalue weighted by Crippen LogP contribution is -2.59. The third-order valence-electron chi connectivity index (χ3n) is 4.78. The third-order valence-corrected chi connectivity index (χ3v) is 4.78. The van der Waals surface area contributed by atoms with Crippen LogP contribution < -0.4 is 9.47 Å². The number of likely N-dealkylation sites (tertiary alicyclic amines) is 1. The number of piperidine rings is 1. The number of hydrogen-bond acceptors (Lipinski definition) is 5. The molecule has 2 fully saturated rings. The van der Waals surface area contributed by atoms with Gasteiger partial charge in [0.1, 0.15) is 0 Å². The average molecular weight is 320 g/mol. The lowest BCUT2D eigenvalue weighted by Gasteiger charge is -2.45. The van der Waals surface area contributed by atoms with Crippen molar-refractivity contribution >= 4 is 5.91 Å². The molecule has 2 saturated heterocycles. The largest absolute Gasteiger partial charge is 0.493 e. The summed E-state index contributed by atoms with van der Waals surface area (Å²) in [5, 5.41) is 0. The van der Waals surface area contributed by atoms with Crippen LogP contribution in [0.5, 0.6) is 11.5 Å². The van der Waals surface area contributed by atoms with Gasteiger partial charge in [-0.2, -0.15) is 0 Å². The smallest absolute Gasteiger partial charge is 0.254 e. The maximum absolute atomic E-state index is 12.8. The van der Waals surface area contributed by atoms with Crippen molar-refractivity contribution in [2.75, 3.05) is 47.5 Å². The van der Waals surface area contributed by atoms with Crippen molar-refractivity contribution < 1.29 is 19.0 Å². The van der Waals surface area contributed by atoms with Crippen LogP contribution in [0.4, 0.5) is 0 Å². The highest BCUT2D eigenvalue weighted by molar-refractivity contribution is 5.95. The molecule has 1 amide bonds. The Kier molecular flexibility index (Phi) is 4.73. The van der Waals surface area contributed by atoms with E-state index in [-0.39, 0.29) is 18.1 Å². The van der Waals surface area contributed by atoms with Gasteiger partial charge in [0.2, 0.25) is 0 Å². The highest BCUT2D eigenvalue weighted by Gasteiger charge is 2.37. The molecule has 6 heteroatoms. The highest BCUT2D eigenvalue weighted by Crippen LogP contribution is 2.29. The van der Waals surface area contributed by atoms with Gasteiger partial charge >= 0.3 is 0 Å². The lowest BCUT2D eigenvalue weighted by molar-refractivity contribution is -0.0893. The Balaban J connectivity index is 1.75. The van der Waals surface area contributed by atoms with Gasteiger partial charge in [-0.3, -0.25) is 9.69 Å². The van der Waals surface area contributed by atoms with Crippen LogP contribution in [0.15, 0.2) is 18.2 Å². The molecule has 2 atom stereocenters. The monoisotopic (exact) mass is 320 g/mol. The number of nitrogens with zero attached hydrogens (tertiary/aromatic N) is 2. The molecule has 126 valence electrons. The van der Waals surface area contributed by atoms with Gasteiger partial charge in [-0.25, -0.2) is 0 Å². The zero-order valence-corrected chi connectivity index (χ0v) is 13.9. The Morgan fingerprint density at radius 2 is 2.00 bits per heavy atom. The molecule has 6 nitrogen and oxygen atoms in total. The summed E-state index contributed by atoms with van der Waals surface area (Å²) in [4.78, 5) is 17.0. The first-order valence-corrected chi connectivity index (χ1v) is 7.97. The number of morpholine rings is 1. The molecule has 1 aromatic carbocycles. The number of fused-ring (bicyclic) bond motifs is 1. The first kappa shape index (κ1) is 16.1. The fourth-order valence-electron chi connectivity index (χ4n) is 3.38. The molecule has 0 radical (unpaired) electrons. The van der Waals surface area contributed by atoms with Gasteiger partial charge in [0, 0.05) is 25.2 Å². The highest BCUT2D eigenvalue weighted by atomic mass is 16.5. The minimum Gasteiger partial charge on any atom is -0.493 e. The number of amides is 1. The van der Waals surface area contributed by atoms with Crippen molar-refractivity contribution in [1.29, 1.82) is 0 Å². The Bertz CT molecular complexity index is 578. The summed E-state index contributed by atoms with van der Waals surface area (Å²) < 4.78 is 16.4. The fourth-order valence-corrected chi connectivity index (χ4v) is 3.38. The molecule has 0 unspecified atom stereocenters. The quantitative estimate of drug-likeness (QED) is 0.839. The van der Waals surface area contributed by atoms with E-state index in [1.807, 2.05) is 4.90 Å². The first-order chi connectivity index (χ1) is 11.1. The van der Waals surface area contributed by atoms with Crippen molar-refractivity contribution in [3.63, 3.8) is 0 Å². The predicted molar refractivity (Wildman–Crippen MR) is 86.2 cm³/mol. The van der Waals surface area contributed by atoms with E-state index >= 15 is 0 Å². The number of carbonyl (C=O) groups excluding carboxylic acids is 1. The first-order valence-electron chi connectivity index (χ1n) is 7.97. The number of ether oxygens (including phenoxy) is 3. The Labute approximate surface area is 136 Å². The van der Waals surface area contributed by atoms with Gasteiger partial charge in [0.05, 0.1) is 33.0 Å². The van der Waals surface area contributed by atoms with E-state index in [0.29, 0.717) is 23.6 Å². The molecule has 23 heavy (non-hydrogen) atoms. The molecule has 1 aromatic rings. The summed E-state index contributed by atoms with van der Waals surface area (Å²) in [6.07, 6.45) is 1.12. The molecule has 0 spiro atoms. The summed E-state index contributed by atoms with van der Waals surface area (Å²) >= 11 is 0. The average Bonchev–Trinajstić information content (AvgIpc) is 2.60. The van der Waals surface area contributed by atoms with E-state index in [2.05, 4.69) is 11.9 Å². The summed E-state index contributed by atoms with van der Waals surface area (Å²) in [5.74, 6) is 1.23. The molecule has 0 aliphatic carbocycles. The second kappa shape index (κ2) is 6.76. The van der Waals surface area contributed by atoms with E-state index in [0.717, 1.165) is 26.1 Å². The summed E-state index contributed by atoms with van der Waals surface area (Å²) in [6, 6.07) is 5.58. The Hall–Kier alpha value is -1.79. The standard InChI is InChI=1S/C17H24N2O4/c1-18-8-9-23-14-6-7-19(11-13(14)18)17(20)12-4-5-15(21-2)16(10-12)22-3/h4-5,10,13-14H,6-9,11H2,1-3H3/t13-,14-/m0/s1. The van der Waals surface area contributed by atoms with Crippen molar-refractivity contribution in [2.24, 2.45) is 0 Å². The number of rotatable bonds is 3. The molecule has 2 aliphatic heterocycles. The number of likely N-dealkylation sites (N-methyl/N-ethyl adjacent to an activating group) is 1. The van der Waals surface area contributed by atoms with Crippen molar-refractivity contribution in [3.8, 4) is 11.5 Å². The zero-order valence-electron chi connectivity index (χ0n) is 13.9. The summed E-state index contributed by atoms with van der Waals surface area (Å²) in [6.45, 7) is 3.12. The minimum absolute atomic E-state index is 0.0309. The van der Waals surface area contributed by atoms with E-state index in [1.165, 1.54) is 0 Å². The summed E-state index contributed by atoms with van der Waals surface area (Å²) in [7, 11) is 5.26. The van der Waals surface area contributed by atoms with Crippen molar-refractivity contribution in [2.45, 2.75) is 18.6 Å². The molecule has 0 bridgehead atoms. The van der Waals surface area contributed by atoms with Crippen LogP contribution in [-0.4, -0.2) is 75.4 Å². The Morgan fingerprint density at radius 3 is 2.74 bits per heavy atom. The van der Waals surface area contributed by atoms with Gasteiger partial charge in [-0.15, -0.1) is 0 Å². The topological polar surface area (TPSA) is 51.2 Å². The van der Waals surface area contributed by atoms with Gasteiger partial charge in [0.15, 0.2) is 11.5 Å². The third kappa shape index (κ3) is 3.14. The minimum atomic E-state index is 0.0309. The van der Waals surface area contributed by atoms with E-state index in [1.54, 1.807) is 32.4 Å². The summed E-state index contributed by atoms with van der Waals surface area (Å²) in [5.41, 5.74) is 0.625. The SMILES string of the molecule is COc1ccc(C(=O)N2CC[C@@H]3OCCN(C)[C@H]3C2)cc1OC. The van der Waals surface area contributed by atoms with Gasteiger partial charge in [-0.1, -0.05) is 0 Å². The molecular weight excluding hydrogens is 296 g/mol. The number of hydrogen-bond donors (Lipinski definition) is 0. The van der Waals surface area contributed by atoms with Crippen LogP contribution in [0.3, 0.4) is 0 Å². The van der Waals surface area contributed by atoms with Crippen LogP contribution in [-0.2, 0) is 4.74 Å². The zero-order chi connectivity index (χ0) is 16.4. The van der Waals surface area contributed by atoms with Crippen LogP contribution in [0.2, 0.25) is 0 Å². The predicted octanol–water partition coefficient (Wildman–Crippen LogP) is 1.25. The van der Waals surface area contributed by atoms with Gasteiger partial charge < -0.3 is 19.1 Å².